The minimum absolute atomic E-state index is 0.00909. The smallest absolute Gasteiger partial charge is 0.267 e. The van der Waals surface area contributed by atoms with Gasteiger partial charge in [0.25, 0.3) is 5.91 Å². The van der Waals surface area contributed by atoms with Crippen LogP contribution in [0.3, 0.4) is 0 Å². The van der Waals surface area contributed by atoms with E-state index >= 15 is 0 Å². The molecule has 1 amide bonds. The Morgan fingerprint density at radius 2 is 2.09 bits per heavy atom. The van der Waals surface area contributed by atoms with E-state index in [-0.39, 0.29) is 5.57 Å². The molecule has 5 heteroatoms. The summed E-state index contributed by atoms with van der Waals surface area (Å²) in [5, 5.41) is 11.7. The predicted molar refractivity (Wildman–Crippen MR) is 84.1 cm³/mol. The molecule has 0 aliphatic carbocycles. The highest BCUT2D eigenvalue weighted by molar-refractivity contribution is 6.09. The fourth-order valence-electron chi connectivity index (χ4n) is 1.76. The molecule has 110 valence electrons. The number of carbonyl (C=O) groups excluding carboxylic acids is 1. The molecule has 22 heavy (non-hydrogen) atoms. The molecular formula is C17H15N3O2. The first-order valence-electron chi connectivity index (χ1n) is 6.80. The summed E-state index contributed by atoms with van der Waals surface area (Å²) in [6, 6.07) is 14.2. The van der Waals surface area contributed by atoms with Gasteiger partial charge >= 0.3 is 0 Å². The van der Waals surface area contributed by atoms with Crippen LogP contribution in [0, 0.1) is 11.3 Å². The highest BCUT2D eigenvalue weighted by atomic mass is 16.5. The maximum atomic E-state index is 12.1. The van der Waals surface area contributed by atoms with Crippen LogP contribution in [0.1, 0.15) is 12.5 Å². The van der Waals surface area contributed by atoms with Crippen molar-refractivity contribution in [2.75, 3.05) is 11.9 Å². The third-order valence-electron chi connectivity index (χ3n) is 2.77. The Balaban J connectivity index is 2.13. The van der Waals surface area contributed by atoms with Crippen LogP contribution in [-0.4, -0.2) is 17.5 Å². The van der Waals surface area contributed by atoms with E-state index in [2.05, 4.69) is 10.3 Å². The maximum Gasteiger partial charge on any atom is 0.267 e. The monoisotopic (exact) mass is 293 g/mol. The van der Waals surface area contributed by atoms with E-state index in [0.717, 1.165) is 11.3 Å². The molecule has 1 N–H and O–H groups in total. The van der Waals surface area contributed by atoms with Gasteiger partial charge in [-0.25, -0.2) is 4.98 Å². The number of hydrogen-bond donors (Lipinski definition) is 1. The van der Waals surface area contributed by atoms with Crippen molar-refractivity contribution >= 4 is 17.8 Å². The van der Waals surface area contributed by atoms with Crippen molar-refractivity contribution in [3.8, 4) is 11.8 Å². The van der Waals surface area contributed by atoms with E-state index in [9.17, 15) is 4.79 Å². The number of benzene rings is 1. The molecule has 1 heterocycles. The first kappa shape index (κ1) is 15.3. The summed E-state index contributed by atoms with van der Waals surface area (Å²) >= 11 is 0. The number of nitrogens with one attached hydrogen (secondary N) is 1. The number of nitrogens with zero attached hydrogens (tertiary/aromatic N) is 2. The SMILES string of the molecule is CCOc1ccc(/C=C(\C#N)C(=O)Nc2ccccn2)cc1. The Hall–Kier alpha value is -3.13. The average Bonchev–Trinajstić information content (AvgIpc) is 2.55. The Morgan fingerprint density at radius 3 is 2.68 bits per heavy atom. The Morgan fingerprint density at radius 1 is 1.32 bits per heavy atom. The van der Waals surface area contributed by atoms with Crippen molar-refractivity contribution in [1.29, 1.82) is 5.26 Å². The lowest BCUT2D eigenvalue weighted by molar-refractivity contribution is -0.112. The topological polar surface area (TPSA) is 75.0 Å². The zero-order valence-electron chi connectivity index (χ0n) is 12.1. The van der Waals surface area contributed by atoms with Crippen molar-refractivity contribution in [2.45, 2.75) is 6.92 Å². The molecule has 0 radical (unpaired) electrons. The molecule has 0 spiro atoms. The summed E-state index contributed by atoms with van der Waals surface area (Å²) < 4.78 is 5.35. The summed E-state index contributed by atoms with van der Waals surface area (Å²) in [6.45, 7) is 2.49. The summed E-state index contributed by atoms with van der Waals surface area (Å²) in [7, 11) is 0. The highest BCUT2D eigenvalue weighted by Gasteiger charge is 2.09. The number of pyridine rings is 1. The third-order valence-corrected chi connectivity index (χ3v) is 2.77. The van der Waals surface area contributed by atoms with Gasteiger partial charge in [0.2, 0.25) is 0 Å². The summed E-state index contributed by atoms with van der Waals surface area (Å²) in [5.41, 5.74) is 0.756. The lowest BCUT2D eigenvalue weighted by Gasteiger charge is -2.04. The van der Waals surface area contributed by atoms with Gasteiger partial charge in [0.1, 0.15) is 23.2 Å². The first-order valence-corrected chi connectivity index (χ1v) is 6.80. The van der Waals surface area contributed by atoms with Gasteiger partial charge in [-0.2, -0.15) is 5.26 Å². The van der Waals surface area contributed by atoms with Crippen molar-refractivity contribution < 1.29 is 9.53 Å². The van der Waals surface area contributed by atoms with Gasteiger partial charge in [0, 0.05) is 6.20 Å². The minimum Gasteiger partial charge on any atom is -0.494 e. The number of amides is 1. The molecule has 2 aromatic rings. The number of carbonyl (C=O) groups is 1. The molecule has 0 saturated carbocycles. The van der Waals surface area contributed by atoms with Gasteiger partial charge in [0.15, 0.2) is 0 Å². The van der Waals surface area contributed by atoms with Gasteiger partial charge in [-0.05, 0) is 42.8 Å². The van der Waals surface area contributed by atoms with Crippen molar-refractivity contribution in [1.82, 2.24) is 4.98 Å². The van der Waals surface area contributed by atoms with Gasteiger partial charge in [0.05, 0.1) is 6.61 Å². The number of rotatable bonds is 5. The fraction of sp³-hybridized carbons (Fsp3) is 0.118. The lowest BCUT2D eigenvalue weighted by Crippen LogP contribution is -2.14. The predicted octanol–water partition coefficient (Wildman–Crippen LogP) is 3.03. The number of aromatic nitrogens is 1. The van der Waals surface area contributed by atoms with E-state index in [1.54, 1.807) is 48.7 Å². The number of ether oxygens (including phenoxy) is 1. The normalized spacial score (nSPS) is 10.6. The van der Waals surface area contributed by atoms with E-state index in [1.165, 1.54) is 6.08 Å². The van der Waals surface area contributed by atoms with Crippen LogP contribution in [0.5, 0.6) is 5.75 Å². The van der Waals surface area contributed by atoms with Crippen molar-refractivity contribution in [3.63, 3.8) is 0 Å². The second-order valence-electron chi connectivity index (χ2n) is 4.34. The molecule has 1 aromatic carbocycles. The summed E-state index contributed by atoms with van der Waals surface area (Å²) in [4.78, 5) is 16.0. The molecule has 0 unspecified atom stereocenters. The largest absolute Gasteiger partial charge is 0.494 e. The van der Waals surface area contributed by atoms with Crippen LogP contribution in [0.2, 0.25) is 0 Å². The Kier molecular flexibility index (Phi) is 5.27. The molecule has 0 aliphatic heterocycles. The lowest BCUT2D eigenvalue weighted by atomic mass is 10.1. The molecule has 0 aliphatic rings. The van der Waals surface area contributed by atoms with Crippen LogP contribution in [0.4, 0.5) is 5.82 Å². The summed E-state index contributed by atoms with van der Waals surface area (Å²) in [6.07, 6.45) is 3.09. The van der Waals surface area contributed by atoms with Crippen molar-refractivity contribution in [3.05, 3.63) is 59.8 Å². The Labute approximate surface area is 128 Å². The minimum atomic E-state index is -0.491. The van der Waals surface area contributed by atoms with Crippen molar-refractivity contribution in [2.24, 2.45) is 0 Å². The molecular weight excluding hydrogens is 278 g/mol. The van der Waals surface area contributed by atoms with E-state index in [1.807, 2.05) is 13.0 Å². The molecule has 1 aromatic heterocycles. The van der Waals surface area contributed by atoms with Gasteiger partial charge in [-0.3, -0.25) is 4.79 Å². The van der Waals surface area contributed by atoms with Gasteiger partial charge in [-0.1, -0.05) is 18.2 Å². The average molecular weight is 293 g/mol. The summed E-state index contributed by atoms with van der Waals surface area (Å²) in [5.74, 6) is 0.659. The van der Waals surface area contributed by atoms with Crippen LogP contribution in [0.25, 0.3) is 6.08 Å². The molecule has 0 saturated heterocycles. The molecule has 2 rings (SSSR count). The molecule has 0 atom stereocenters. The van der Waals surface area contributed by atoms with E-state index in [0.29, 0.717) is 12.4 Å². The molecule has 5 nitrogen and oxygen atoms in total. The quantitative estimate of drug-likeness (QED) is 0.679. The molecule has 0 fully saturated rings. The Bertz CT molecular complexity index is 701. The second kappa shape index (κ2) is 7.60. The third kappa shape index (κ3) is 4.18. The van der Waals surface area contributed by atoms with E-state index in [4.69, 9.17) is 10.00 Å². The number of anilines is 1. The zero-order valence-corrected chi connectivity index (χ0v) is 12.1. The highest BCUT2D eigenvalue weighted by Crippen LogP contribution is 2.15. The van der Waals surface area contributed by atoms with Crippen LogP contribution in [-0.2, 0) is 4.79 Å². The fourth-order valence-corrected chi connectivity index (χ4v) is 1.76. The van der Waals surface area contributed by atoms with Crippen LogP contribution >= 0.6 is 0 Å². The van der Waals surface area contributed by atoms with Gasteiger partial charge in [-0.15, -0.1) is 0 Å². The maximum absolute atomic E-state index is 12.1. The standard InChI is InChI=1S/C17H15N3O2/c1-2-22-15-8-6-13(7-9-15)11-14(12-18)17(21)20-16-5-3-4-10-19-16/h3-11H,2H2,1H3,(H,19,20,21)/b14-11+. The molecule has 0 bridgehead atoms. The number of nitriles is 1. The van der Waals surface area contributed by atoms with Crippen LogP contribution in [0.15, 0.2) is 54.2 Å². The first-order chi connectivity index (χ1) is 10.7. The van der Waals surface area contributed by atoms with Gasteiger partial charge < -0.3 is 10.1 Å². The zero-order chi connectivity index (χ0) is 15.8. The second-order valence-corrected chi connectivity index (χ2v) is 4.34. The van der Waals surface area contributed by atoms with E-state index < -0.39 is 5.91 Å². The number of hydrogen-bond acceptors (Lipinski definition) is 4. The van der Waals surface area contributed by atoms with Crippen LogP contribution < -0.4 is 10.1 Å².